The van der Waals surface area contributed by atoms with Crippen LogP contribution in [0, 0.1) is 0 Å². The van der Waals surface area contributed by atoms with Crippen LogP contribution in [0.15, 0.2) is 30.6 Å². The number of rotatable bonds is 8. The van der Waals surface area contributed by atoms with Crippen LogP contribution in [0.5, 0.6) is 0 Å². The van der Waals surface area contributed by atoms with Crippen molar-refractivity contribution in [2.45, 2.75) is 58.2 Å². The highest BCUT2D eigenvalue weighted by molar-refractivity contribution is 6.90. The van der Waals surface area contributed by atoms with Crippen LogP contribution in [-0.2, 0) is 23.2 Å². The molecule has 2 rings (SSSR count). The lowest BCUT2D eigenvalue weighted by molar-refractivity contribution is -0.125. The minimum atomic E-state index is -3.47. The minimum Gasteiger partial charge on any atom is -0.360 e. The molecule has 0 aromatic carbocycles. The van der Waals surface area contributed by atoms with Crippen LogP contribution >= 0.6 is 0 Å². The quantitative estimate of drug-likeness (QED) is 0.413. The smallest absolute Gasteiger partial charge is 0.305 e. The molecule has 10 heteroatoms. The van der Waals surface area contributed by atoms with E-state index in [1.54, 1.807) is 36.3 Å². The Morgan fingerprint density at radius 3 is 2.25 bits per heavy atom. The maximum Gasteiger partial charge on any atom is 0.305 e. The highest BCUT2D eigenvalue weighted by Gasteiger charge is 2.58. The van der Waals surface area contributed by atoms with Gasteiger partial charge >= 0.3 is 8.41 Å². The maximum atomic E-state index is 16.5. The fraction of sp³-hybridized carbons (Fsp3) is 0.545. The lowest BCUT2D eigenvalue weighted by Crippen LogP contribution is -2.60. The molecule has 3 N–H and O–H groups in total. The van der Waals surface area contributed by atoms with Crippen molar-refractivity contribution in [1.82, 2.24) is 25.4 Å². The predicted octanol–water partition coefficient (Wildman–Crippen LogP) is 2.38. The molecule has 176 valence electrons. The summed E-state index contributed by atoms with van der Waals surface area (Å²) in [6, 6.07) is 5.35. The number of carbonyl (C=O) groups is 2. The molecule has 0 bridgehead atoms. The van der Waals surface area contributed by atoms with Gasteiger partial charge in [0.2, 0.25) is 11.8 Å². The Morgan fingerprint density at radius 2 is 1.69 bits per heavy atom. The number of aromatic nitrogens is 3. The topological polar surface area (TPSA) is 101 Å². The van der Waals surface area contributed by atoms with E-state index in [9.17, 15) is 9.59 Å². The van der Waals surface area contributed by atoms with Gasteiger partial charge in [-0.25, -0.2) is 0 Å². The molecule has 0 aliphatic carbocycles. The van der Waals surface area contributed by atoms with Crippen molar-refractivity contribution in [1.29, 1.82) is 0 Å². The molecule has 0 aliphatic rings. The highest BCUT2D eigenvalue weighted by atomic mass is 28.4. The summed E-state index contributed by atoms with van der Waals surface area (Å²) < 4.78 is 18.1. The Balaban J connectivity index is 1.91. The van der Waals surface area contributed by atoms with Gasteiger partial charge in [-0.2, -0.15) is 5.10 Å². The zero-order chi connectivity index (χ0) is 24.2. The Morgan fingerprint density at radius 1 is 1.06 bits per heavy atom. The summed E-state index contributed by atoms with van der Waals surface area (Å²) in [7, 11) is -1.75. The van der Waals surface area contributed by atoms with Crippen LogP contribution in [0.2, 0.25) is 10.1 Å². The molecule has 0 spiro atoms. The average molecular weight is 463 g/mol. The van der Waals surface area contributed by atoms with Gasteiger partial charge in [0.1, 0.15) is 5.82 Å². The molecule has 0 aliphatic heterocycles. The van der Waals surface area contributed by atoms with Crippen molar-refractivity contribution < 1.29 is 13.7 Å². The number of nitrogens with zero attached hydrogens (tertiary/aromatic N) is 3. The van der Waals surface area contributed by atoms with Crippen LogP contribution in [0.1, 0.15) is 47.1 Å². The first-order valence-electron chi connectivity index (χ1n) is 10.7. The summed E-state index contributed by atoms with van der Waals surface area (Å²) in [5, 5.41) is 12.1. The lowest BCUT2D eigenvalue weighted by atomic mass is 10.2. The summed E-state index contributed by atoms with van der Waals surface area (Å²) in [6.07, 6.45) is 3.32. The molecular formula is C22H35FN6O2Si. The van der Waals surface area contributed by atoms with Gasteiger partial charge in [-0.05, 0) is 21.7 Å². The van der Waals surface area contributed by atoms with Crippen LogP contribution in [0.25, 0.3) is 0 Å². The molecule has 0 atom stereocenters. The molecule has 0 saturated heterocycles. The molecule has 2 aromatic rings. The summed E-state index contributed by atoms with van der Waals surface area (Å²) in [5.41, 5.74) is 0.873. The number of nitrogens with one attached hydrogen (secondary N) is 3. The van der Waals surface area contributed by atoms with Gasteiger partial charge in [0.05, 0.1) is 18.4 Å². The van der Waals surface area contributed by atoms with E-state index in [2.05, 4.69) is 26.0 Å². The van der Waals surface area contributed by atoms with E-state index < -0.39 is 18.5 Å². The van der Waals surface area contributed by atoms with Gasteiger partial charge in [-0.15, -0.1) is 0 Å². The van der Waals surface area contributed by atoms with Crippen LogP contribution in [0.4, 0.5) is 9.93 Å². The fourth-order valence-electron chi connectivity index (χ4n) is 3.95. The maximum absolute atomic E-state index is 16.5. The third-order valence-corrected chi connectivity index (χ3v) is 10.7. The Kier molecular flexibility index (Phi) is 7.82. The summed E-state index contributed by atoms with van der Waals surface area (Å²) >= 11 is 0. The molecule has 0 saturated carbocycles. The highest BCUT2D eigenvalue weighted by Crippen LogP contribution is 2.51. The Hall–Kier alpha value is -2.75. The molecular weight excluding hydrogens is 427 g/mol. The van der Waals surface area contributed by atoms with Gasteiger partial charge in [0.25, 0.3) is 0 Å². The number of pyridine rings is 1. The summed E-state index contributed by atoms with van der Waals surface area (Å²) in [4.78, 5) is 28.0. The normalized spacial score (nSPS) is 12.4. The minimum absolute atomic E-state index is 0.0712. The number of aryl methyl sites for hydroxylation is 1. The number of halogens is 1. The lowest BCUT2D eigenvalue weighted by Gasteiger charge is -2.44. The third-order valence-electron chi connectivity index (χ3n) is 5.39. The van der Waals surface area contributed by atoms with E-state index in [0.29, 0.717) is 17.7 Å². The molecule has 0 radical (unpaired) electrons. The second kappa shape index (κ2) is 9.80. The molecule has 32 heavy (non-hydrogen) atoms. The molecule has 8 nitrogen and oxygen atoms in total. The van der Waals surface area contributed by atoms with Gasteiger partial charge in [0.15, 0.2) is 0 Å². The van der Waals surface area contributed by atoms with Crippen molar-refractivity contribution in [2.24, 2.45) is 7.05 Å². The van der Waals surface area contributed by atoms with Crippen LogP contribution in [-0.4, -0.2) is 48.1 Å². The molecule has 0 unspecified atom stereocenters. The fourth-order valence-corrected chi connectivity index (χ4v) is 8.57. The average Bonchev–Trinajstić information content (AvgIpc) is 3.08. The van der Waals surface area contributed by atoms with E-state index in [4.69, 9.17) is 0 Å². The van der Waals surface area contributed by atoms with E-state index in [0.717, 1.165) is 5.56 Å². The van der Waals surface area contributed by atoms with Crippen molar-refractivity contribution in [3.05, 3.63) is 36.2 Å². The van der Waals surface area contributed by atoms with Crippen LogP contribution in [0.3, 0.4) is 0 Å². The summed E-state index contributed by atoms with van der Waals surface area (Å²) in [6.45, 7) is 11.7. The number of amides is 2. The predicted molar refractivity (Wildman–Crippen MR) is 127 cm³/mol. The largest absolute Gasteiger partial charge is 0.360 e. The van der Waals surface area contributed by atoms with Crippen molar-refractivity contribution in [3.63, 3.8) is 0 Å². The number of carbonyl (C=O) groups excluding carboxylic acids is 2. The third kappa shape index (κ3) is 5.93. The Bertz CT molecular complexity index is 920. The van der Waals surface area contributed by atoms with E-state index in [1.165, 1.54) is 0 Å². The second-order valence-electron chi connectivity index (χ2n) is 9.97. The van der Waals surface area contributed by atoms with Crippen molar-refractivity contribution >= 4 is 31.4 Å². The Labute approximate surface area is 190 Å². The van der Waals surface area contributed by atoms with Gasteiger partial charge in [-0.3, -0.25) is 19.3 Å². The molecule has 2 aromatic heterocycles. The van der Waals surface area contributed by atoms with E-state index >= 15 is 4.11 Å². The van der Waals surface area contributed by atoms with Crippen molar-refractivity contribution in [3.8, 4) is 0 Å². The van der Waals surface area contributed by atoms with Gasteiger partial charge in [-0.1, -0.05) is 47.6 Å². The van der Waals surface area contributed by atoms with E-state index in [1.807, 2.05) is 47.6 Å². The van der Waals surface area contributed by atoms with Gasteiger partial charge < -0.3 is 20.1 Å². The first-order valence-corrected chi connectivity index (χ1v) is 12.5. The first-order chi connectivity index (χ1) is 14.8. The summed E-state index contributed by atoms with van der Waals surface area (Å²) in [5.74, 6) is -0.225. The van der Waals surface area contributed by atoms with E-state index in [-0.39, 0.29) is 24.9 Å². The number of anilines is 1. The number of hydrogen-bond acceptors (Lipinski definition) is 5. The second-order valence-corrected chi connectivity index (χ2v) is 14.8. The number of hydrogen-bond donors (Lipinski definition) is 3. The first kappa shape index (κ1) is 25.5. The molecule has 2 amide bonds. The standard InChI is InChI=1S/C22H35FN6O2Si/c1-21(2,3)32(23,22(4,5)6)20-11-17(28-29(20)7)25-14-18(30)27-15-19(31)26-13-16-9-8-10-24-12-16/h8-12H,13-15H2,1-7H3,(H,25,28)(H,26,31)(H,27,30). The van der Waals surface area contributed by atoms with Crippen LogP contribution < -0.4 is 21.3 Å². The monoisotopic (exact) mass is 462 g/mol. The zero-order valence-electron chi connectivity index (χ0n) is 20.0. The zero-order valence-corrected chi connectivity index (χ0v) is 21.0. The molecule has 2 heterocycles. The molecule has 0 fully saturated rings. The SMILES string of the molecule is Cn1nc(NCC(=O)NCC(=O)NCc2cccnc2)cc1[Si](F)(C(C)(C)C)C(C)(C)C. The van der Waals surface area contributed by atoms with Gasteiger partial charge in [0, 0.05) is 32.1 Å². The van der Waals surface area contributed by atoms with Crippen molar-refractivity contribution in [2.75, 3.05) is 18.4 Å².